The molecule has 0 fully saturated rings. The lowest BCUT2D eigenvalue weighted by atomic mass is 10.1. The minimum absolute atomic E-state index is 0.307. The van der Waals surface area contributed by atoms with Crippen molar-refractivity contribution < 1.29 is 9.59 Å². The van der Waals surface area contributed by atoms with Crippen LogP contribution in [0.3, 0.4) is 0 Å². The summed E-state index contributed by atoms with van der Waals surface area (Å²) in [7, 11) is 0. The van der Waals surface area contributed by atoms with Gasteiger partial charge in [0.15, 0.2) is 0 Å². The summed E-state index contributed by atoms with van der Waals surface area (Å²) in [5.74, 6) is -0.909. The molecule has 156 valence electrons. The van der Waals surface area contributed by atoms with Gasteiger partial charge in [0.2, 0.25) is 0 Å². The normalized spacial score (nSPS) is 10.8. The van der Waals surface area contributed by atoms with Gasteiger partial charge in [-0.15, -0.1) is 0 Å². The van der Waals surface area contributed by atoms with Gasteiger partial charge in [-0.05, 0) is 30.3 Å². The van der Waals surface area contributed by atoms with Crippen molar-refractivity contribution in [3.8, 4) is 16.9 Å². The zero-order valence-electron chi connectivity index (χ0n) is 16.8. The van der Waals surface area contributed by atoms with Crippen molar-refractivity contribution in [3.63, 3.8) is 0 Å². The average Bonchev–Trinajstić information content (AvgIpc) is 3.49. The molecule has 0 aliphatic heterocycles. The van der Waals surface area contributed by atoms with Gasteiger partial charge >= 0.3 is 0 Å². The van der Waals surface area contributed by atoms with E-state index in [1.807, 2.05) is 60.7 Å². The highest BCUT2D eigenvalue weighted by molar-refractivity contribution is 6.08. The Morgan fingerprint density at radius 2 is 1.59 bits per heavy atom. The molecule has 0 atom stereocenters. The number of benzene rings is 2. The Kier molecular flexibility index (Phi) is 4.93. The number of fused-ring (bicyclic) bond motifs is 1. The van der Waals surface area contributed by atoms with Crippen LogP contribution in [0, 0.1) is 0 Å². The smallest absolute Gasteiger partial charge is 0.273 e. The zero-order chi connectivity index (χ0) is 21.9. The Morgan fingerprint density at radius 1 is 0.844 bits per heavy atom. The first-order valence-corrected chi connectivity index (χ1v) is 9.93. The Bertz CT molecular complexity index is 1410. The Labute approximate surface area is 182 Å². The zero-order valence-corrected chi connectivity index (χ0v) is 16.8. The molecule has 3 aromatic heterocycles. The number of hydrazine groups is 1. The van der Waals surface area contributed by atoms with Gasteiger partial charge in [0, 0.05) is 41.3 Å². The van der Waals surface area contributed by atoms with Gasteiger partial charge in [-0.1, -0.05) is 36.4 Å². The molecule has 0 bridgehead atoms. The van der Waals surface area contributed by atoms with Crippen LogP contribution in [-0.4, -0.2) is 31.6 Å². The van der Waals surface area contributed by atoms with E-state index in [1.165, 1.54) is 0 Å². The Balaban J connectivity index is 1.42. The molecular formula is C24H18N6O2. The van der Waals surface area contributed by atoms with E-state index < -0.39 is 11.8 Å². The van der Waals surface area contributed by atoms with Crippen molar-refractivity contribution in [2.24, 2.45) is 0 Å². The second-order valence-electron chi connectivity index (χ2n) is 7.07. The van der Waals surface area contributed by atoms with E-state index in [0.29, 0.717) is 22.4 Å². The maximum atomic E-state index is 13.0. The molecule has 0 aliphatic carbocycles. The average molecular weight is 422 g/mol. The van der Waals surface area contributed by atoms with Gasteiger partial charge in [-0.3, -0.25) is 25.4 Å². The summed E-state index contributed by atoms with van der Waals surface area (Å²) in [6.45, 7) is 0. The van der Waals surface area contributed by atoms with Gasteiger partial charge < -0.3 is 4.98 Å². The van der Waals surface area contributed by atoms with Crippen molar-refractivity contribution in [1.29, 1.82) is 0 Å². The van der Waals surface area contributed by atoms with Gasteiger partial charge in [0.1, 0.15) is 5.69 Å². The predicted molar refractivity (Wildman–Crippen MR) is 120 cm³/mol. The van der Waals surface area contributed by atoms with Crippen LogP contribution in [0.2, 0.25) is 0 Å². The Hall–Kier alpha value is -4.72. The third kappa shape index (κ3) is 3.61. The number of pyridine rings is 1. The number of nitrogens with zero attached hydrogens (tertiary/aromatic N) is 3. The maximum absolute atomic E-state index is 13.0. The fraction of sp³-hybridized carbons (Fsp3) is 0. The lowest BCUT2D eigenvalue weighted by Crippen LogP contribution is -2.41. The van der Waals surface area contributed by atoms with Crippen LogP contribution in [0.25, 0.3) is 27.8 Å². The topological polar surface area (TPSA) is 105 Å². The monoisotopic (exact) mass is 422 g/mol. The number of carbonyl (C=O) groups excluding carboxylic acids is 2. The van der Waals surface area contributed by atoms with Crippen LogP contribution < -0.4 is 10.9 Å². The summed E-state index contributed by atoms with van der Waals surface area (Å²) < 4.78 is 1.62. The summed E-state index contributed by atoms with van der Waals surface area (Å²) in [5, 5.41) is 5.36. The SMILES string of the molecule is O=C(NNC(=O)c1c[nH]c2ccccc12)c1cn(-c2ccccc2)nc1-c1cccnc1. The van der Waals surface area contributed by atoms with Crippen LogP contribution in [0.1, 0.15) is 20.7 Å². The standard InChI is InChI=1S/C24H18N6O2/c31-23(19-14-26-21-11-5-4-10-18(19)21)27-28-24(32)20-15-30(17-8-2-1-3-9-17)29-22(20)16-7-6-12-25-13-16/h1-15,26H,(H,27,31)(H,28,32). The molecule has 3 heterocycles. The van der Waals surface area contributed by atoms with Gasteiger partial charge in [0.05, 0.1) is 16.8 Å². The molecule has 3 N–H and O–H groups in total. The van der Waals surface area contributed by atoms with Crippen molar-refractivity contribution in [2.75, 3.05) is 0 Å². The number of hydrogen-bond donors (Lipinski definition) is 3. The number of carbonyl (C=O) groups is 2. The summed E-state index contributed by atoms with van der Waals surface area (Å²) >= 11 is 0. The molecule has 8 nitrogen and oxygen atoms in total. The number of para-hydroxylation sites is 2. The van der Waals surface area contributed by atoms with Gasteiger partial charge in [-0.25, -0.2) is 4.68 Å². The molecule has 8 heteroatoms. The lowest BCUT2D eigenvalue weighted by Gasteiger charge is -2.07. The number of hydrogen-bond acceptors (Lipinski definition) is 4. The molecule has 0 saturated carbocycles. The minimum Gasteiger partial charge on any atom is -0.360 e. The maximum Gasteiger partial charge on any atom is 0.273 e. The molecule has 2 amide bonds. The number of nitrogens with one attached hydrogen (secondary N) is 3. The van der Waals surface area contributed by atoms with Crippen LogP contribution in [0.5, 0.6) is 0 Å². The molecule has 0 spiro atoms. The highest BCUT2D eigenvalue weighted by Crippen LogP contribution is 2.23. The quantitative estimate of drug-likeness (QED) is 0.386. The number of rotatable bonds is 4. The van der Waals surface area contributed by atoms with E-state index in [2.05, 4.69) is 25.9 Å². The highest BCUT2D eigenvalue weighted by atomic mass is 16.2. The van der Waals surface area contributed by atoms with Crippen molar-refractivity contribution >= 4 is 22.7 Å². The first kappa shape index (κ1) is 19.3. The summed E-state index contributed by atoms with van der Waals surface area (Å²) in [4.78, 5) is 32.8. The first-order chi connectivity index (χ1) is 15.7. The highest BCUT2D eigenvalue weighted by Gasteiger charge is 2.20. The van der Waals surface area contributed by atoms with Crippen LogP contribution in [0.4, 0.5) is 0 Å². The first-order valence-electron chi connectivity index (χ1n) is 9.93. The van der Waals surface area contributed by atoms with Crippen LogP contribution >= 0.6 is 0 Å². The molecule has 5 rings (SSSR count). The number of aromatic amines is 1. The van der Waals surface area contributed by atoms with Crippen molar-refractivity contribution in [2.45, 2.75) is 0 Å². The van der Waals surface area contributed by atoms with E-state index in [9.17, 15) is 9.59 Å². The second kappa shape index (κ2) is 8.19. The van der Waals surface area contributed by atoms with Crippen LogP contribution in [0.15, 0.2) is 91.5 Å². The van der Waals surface area contributed by atoms with E-state index in [0.717, 1.165) is 16.6 Å². The van der Waals surface area contributed by atoms with Crippen molar-refractivity contribution in [1.82, 2.24) is 30.6 Å². The largest absolute Gasteiger partial charge is 0.360 e. The molecular weight excluding hydrogens is 404 g/mol. The van der Waals surface area contributed by atoms with E-state index in [4.69, 9.17) is 0 Å². The molecule has 0 unspecified atom stereocenters. The third-order valence-corrected chi connectivity index (χ3v) is 5.04. The molecule has 0 saturated heterocycles. The Morgan fingerprint density at radius 3 is 2.38 bits per heavy atom. The molecule has 32 heavy (non-hydrogen) atoms. The summed E-state index contributed by atoms with van der Waals surface area (Å²) in [5.41, 5.74) is 8.53. The lowest BCUT2D eigenvalue weighted by molar-refractivity contribution is 0.0848. The molecule has 5 aromatic rings. The van der Waals surface area contributed by atoms with E-state index >= 15 is 0 Å². The van der Waals surface area contributed by atoms with E-state index in [-0.39, 0.29) is 0 Å². The molecule has 2 aromatic carbocycles. The van der Waals surface area contributed by atoms with Crippen LogP contribution in [-0.2, 0) is 0 Å². The number of amides is 2. The predicted octanol–water partition coefficient (Wildman–Crippen LogP) is 3.49. The van der Waals surface area contributed by atoms with Crippen molar-refractivity contribution in [3.05, 3.63) is 103 Å². The summed E-state index contributed by atoms with van der Waals surface area (Å²) in [6.07, 6.45) is 6.53. The van der Waals surface area contributed by atoms with Gasteiger partial charge in [-0.2, -0.15) is 5.10 Å². The fourth-order valence-corrected chi connectivity index (χ4v) is 3.48. The fourth-order valence-electron chi connectivity index (χ4n) is 3.48. The summed E-state index contributed by atoms with van der Waals surface area (Å²) in [6, 6.07) is 20.5. The molecule has 0 aliphatic rings. The van der Waals surface area contributed by atoms with Gasteiger partial charge in [0.25, 0.3) is 11.8 Å². The third-order valence-electron chi connectivity index (χ3n) is 5.04. The molecule has 0 radical (unpaired) electrons. The second-order valence-corrected chi connectivity index (χ2v) is 7.07. The number of aromatic nitrogens is 4. The minimum atomic E-state index is -0.487. The van der Waals surface area contributed by atoms with E-state index in [1.54, 1.807) is 35.5 Å². The number of H-pyrrole nitrogens is 1.